The molecule has 150 valence electrons. The molecule has 1 N–H and O–H groups in total. The van der Waals surface area contributed by atoms with E-state index in [1.807, 2.05) is 4.90 Å². The average Bonchev–Trinajstić information content (AvgIpc) is 2.72. The third-order valence-electron chi connectivity index (χ3n) is 5.01. The molecule has 1 fully saturated rings. The number of hydrogen-bond donors (Lipinski definition) is 1. The number of methoxy groups -OCH3 is 3. The maximum Gasteiger partial charge on any atom is 0.341 e. The lowest BCUT2D eigenvalue weighted by Crippen LogP contribution is -2.34. The Morgan fingerprint density at radius 3 is 2.21 bits per heavy atom. The van der Waals surface area contributed by atoms with Gasteiger partial charge in [-0.15, -0.1) is 0 Å². The van der Waals surface area contributed by atoms with Gasteiger partial charge < -0.3 is 24.2 Å². The molecule has 1 aromatic carbocycles. The number of carbonyl (C=O) groups is 1. The van der Waals surface area contributed by atoms with Crippen LogP contribution in [0.3, 0.4) is 0 Å². The molecule has 0 spiro atoms. The zero-order valence-corrected chi connectivity index (χ0v) is 16.6. The van der Waals surface area contributed by atoms with Gasteiger partial charge in [-0.25, -0.2) is 14.8 Å². The second-order valence-corrected chi connectivity index (χ2v) is 6.82. The summed E-state index contributed by atoms with van der Waals surface area (Å²) >= 11 is 0. The van der Waals surface area contributed by atoms with Crippen molar-refractivity contribution in [3.05, 3.63) is 23.9 Å². The monoisotopic (exact) mass is 387 g/mol. The number of aromatic carboxylic acids is 1. The lowest BCUT2D eigenvalue weighted by Gasteiger charge is -2.32. The smallest absolute Gasteiger partial charge is 0.341 e. The minimum Gasteiger partial charge on any atom is -0.493 e. The van der Waals surface area contributed by atoms with Crippen molar-refractivity contribution in [3.63, 3.8) is 0 Å². The summed E-state index contributed by atoms with van der Waals surface area (Å²) in [5, 5.41) is 9.58. The molecule has 0 bridgehead atoms. The highest BCUT2D eigenvalue weighted by Gasteiger charge is 2.24. The second kappa shape index (κ2) is 8.33. The summed E-state index contributed by atoms with van der Waals surface area (Å²) < 4.78 is 16.1. The van der Waals surface area contributed by atoms with Gasteiger partial charge in [-0.3, -0.25) is 0 Å². The van der Waals surface area contributed by atoms with Crippen LogP contribution in [0.2, 0.25) is 0 Å². The van der Waals surface area contributed by atoms with E-state index in [9.17, 15) is 9.90 Å². The first-order valence-corrected chi connectivity index (χ1v) is 9.14. The van der Waals surface area contributed by atoms with Gasteiger partial charge in [0.05, 0.1) is 21.3 Å². The molecular formula is C20H25N3O5. The van der Waals surface area contributed by atoms with Crippen LogP contribution in [0, 0.1) is 5.92 Å². The predicted molar refractivity (Wildman–Crippen MR) is 105 cm³/mol. The van der Waals surface area contributed by atoms with Gasteiger partial charge in [-0.2, -0.15) is 0 Å². The Hall–Kier alpha value is -3.03. The highest BCUT2D eigenvalue weighted by molar-refractivity contribution is 5.93. The molecule has 1 aromatic heterocycles. The maximum atomic E-state index is 11.7. The third-order valence-corrected chi connectivity index (χ3v) is 5.01. The van der Waals surface area contributed by atoms with Crippen LogP contribution >= 0.6 is 0 Å². The molecule has 0 amide bonds. The summed E-state index contributed by atoms with van der Waals surface area (Å²) in [7, 11) is 4.61. The van der Waals surface area contributed by atoms with E-state index in [-0.39, 0.29) is 5.56 Å². The van der Waals surface area contributed by atoms with Gasteiger partial charge in [0.25, 0.3) is 0 Å². The molecule has 0 aliphatic carbocycles. The molecule has 2 aromatic rings. The van der Waals surface area contributed by atoms with E-state index in [1.54, 1.807) is 12.1 Å². The summed E-state index contributed by atoms with van der Waals surface area (Å²) in [5.74, 6) is 1.87. The summed E-state index contributed by atoms with van der Waals surface area (Å²) in [5.41, 5.74) is 0.754. The Balaban J connectivity index is 2.08. The minimum absolute atomic E-state index is 0.103. The number of nitrogens with zero attached hydrogens (tertiary/aromatic N) is 3. The normalized spacial score (nSPS) is 14.6. The molecule has 8 heteroatoms. The lowest BCUT2D eigenvalue weighted by molar-refractivity contribution is 0.0696. The summed E-state index contributed by atoms with van der Waals surface area (Å²) in [6.07, 6.45) is 3.37. The molecule has 2 heterocycles. The first-order chi connectivity index (χ1) is 13.5. The van der Waals surface area contributed by atoms with E-state index in [4.69, 9.17) is 14.2 Å². The highest BCUT2D eigenvalue weighted by Crippen LogP contribution is 2.40. The van der Waals surface area contributed by atoms with Crippen molar-refractivity contribution in [2.75, 3.05) is 39.3 Å². The molecule has 1 saturated heterocycles. The zero-order chi connectivity index (χ0) is 20.3. The van der Waals surface area contributed by atoms with E-state index in [0.717, 1.165) is 25.9 Å². The molecule has 0 atom stereocenters. The van der Waals surface area contributed by atoms with Gasteiger partial charge >= 0.3 is 5.97 Å². The van der Waals surface area contributed by atoms with Crippen molar-refractivity contribution >= 4 is 11.8 Å². The van der Waals surface area contributed by atoms with Gasteiger partial charge in [0.1, 0.15) is 11.4 Å². The van der Waals surface area contributed by atoms with Crippen LogP contribution in [-0.4, -0.2) is 55.5 Å². The van der Waals surface area contributed by atoms with Crippen LogP contribution < -0.4 is 19.1 Å². The SMILES string of the molecule is COc1cc(-c2ncc(C(=O)O)c(N3CCC(C)CC3)n2)cc(OC)c1OC. The molecule has 1 aliphatic heterocycles. The molecule has 0 radical (unpaired) electrons. The molecule has 0 saturated carbocycles. The number of ether oxygens (including phenoxy) is 3. The zero-order valence-electron chi connectivity index (χ0n) is 16.6. The summed E-state index contributed by atoms with van der Waals surface area (Å²) in [6, 6.07) is 3.50. The largest absolute Gasteiger partial charge is 0.493 e. The second-order valence-electron chi connectivity index (χ2n) is 6.82. The van der Waals surface area contributed by atoms with Gasteiger partial charge in [-0.1, -0.05) is 6.92 Å². The van der Waals surface area contributed by atoms with E-state index >= 15 is 0 Å². The van der Waals surface area contributed by atoms with Crippen molar-refractivity contribution in [2.24, 2.45) is 5.92 Å². The van der Waals surface area contributed by atoms with Crippen LogP contribution in [0.25, 0.3) is 11.4 Å². The lowest BCUT2D eigenvalue weighted by atomic mass is 9.99. The number of benzene rings is 1. The van der Waals surface area contributed by atoms with E-state index in [2.05, 4.69) is 16.9 Å². The van der Waals surface area contributed by atoms with Crippen molar-refractivity contribution in [3.8, 4) is 28.6 Å². The van der Waals surface area contributed by atoms with Crippen LogP contribution in [0.1, 0.15) is 30.1 Å². The Kier molecular flexibility index (Phi) is 5.87. The number of hydrogen-bond acceptors (Lipinski definition) is 7. The number of carboxylic acids is 1. The quantitative estimate of drug-likeness (QED) is 0.808. The Morgan fingerprint density at radius 1 is 1.11 bits per heavy atom. The molecule has 1 aliphatic rings. The highest BCUT2D eigenvalue weighted by atomic mass is 16.5. The van der Waals surface area contributed by atoms with Gasteiger partial charge in [0, 0.05) is 24.8 Å². The van der Waals surface area contributed by atoms with Crippen LogP contribution in [0.5, 0.6) is 17.2 Å². The van der Waals surface area contributed by atoms with E-state index in [1.165, 1.54) is 27.5 Å². The van der Waals surface area contributed by atoms with Gasteiger partial charge in [0.2, 0.25) is 5.75 Å². The number of anilines is 1. The van der Waals surface area contributed by atoms with E-state index < -0.39 is 5.97 Å². The fraction of sp³-hybridized carbons (Fsp3) is 0.450. The van der Waals surface area contributed by atoms with Crippen LogP contribution in [0.4, 0.5) is 5.82 Å². The number of piperidine rings is 1. The third kappa shape index (κ3) is 3.81. The fourth-order valence-electron chi connectivity index (χ4n) is 3.33. The van der Waals surface area contributed by atoms with E-state index in [0.29, 0.717) is 40.4 Å². The first-order valence-electron chi connectivity index (χ1n) is 9.14. The van der Waals surface area contributed by atoms with Gasteiger partial charge in [0.15, 0.2) is 17.3 Å². The molecular weight excluding hydrogens is 362 g/mol. The predicted octanol–water partition coefficient (Wildman–Crippen LogP) is 3.10. The van der Waals surface area contributed by atoms with Crippen LogP contribution in [0.15, 0.2) is 18.3 Å². The van der Waals surface area contributed by atoms with Crippen molar-refractivity contribution < 1.29 is 24.1 Å². The standard InChI is InChI=1S/C20H25N3O5/c1-12-5-7-23(8-6-12)19-14(20(24)25)11-21-18(22-19)13-9-15(26-2)17(28-4)16(10-13)27-3/h9-12H,5-8H2,1-4H3,(H,24,25). The average molecular weight is 387 g/mol. The molecule has 28 heavy (non-hydrogen) atoms. The number of rotatable bonds is 6. The molecule has 0 unspecified atom stereocenters. The minimum atomic E-state index is -1.04. The molecule has 3 rings (SSSR count). The summed E-state index contributed by atoms with van der Waals surface area (Å²) in [6.45, 7) is 3.75. The van der Waals surface area contributed by atoms with Gasteiger partial charge in [-0.05, 0) is 30.9 Å². The topological polar surface area (TPSA) is 94.0 Å². The van der Waals surface area contributed by atoms with Crippen molar-refractivity contribution in [1.29, 1.82) is 0 Å². The number of carboxylic acid groups (broad SMARTS) is 1. The molecule has 8 nitrogen and oxygen atoms in total. The van der Waals surface area contributed by atoms with Crippen molar-refractivity contribution in [1.82, 2.24) is 9.97 Å². The fourth-order valence-corrected chi connectivity index (χ4v) is 3.33. The maximum absolute atomic E-state index is 11.7. The summed E-state index contributed by atoms with van der Waals surface area (Å²) in [4.78, 5) is 22.6. The number of aromatic nitrogens is 2. The first kappa shape index (κ1) is 19.7. The Morgan fingerprint density at radius 2 is 1.71 bits per heavy atom. The Bertz CT molecular complexity index is 838. The Labute approximate surface area is 164 Å². The van der Waals surface area contributed by atoms with Crippen molar-refractivity contribution in [2.45, 2.75) is 19.8 Å². The van der Waals surface area contributed by atoms with Crippen LogP contribution in [-0.2, 0) is 0 Å².